The third-order valence-corrected chi connectivity index (χ3v) is 6.06. The van der Waals surface area contributed by atoms with Crippen LogP contribution in [0.5, 0.6) is 11.5 Å². The average molecular weight is 389 g/mol. The van der Waals surface area contributed by atoms with Gasteiger partial charge in [0.15, 0.2) is 0 Å². The molecule has 2 amide bonds. The molecule has 0 radical (unpaired) electrons. The van der Waals surface area contributed by atoms with Gasteiger partial charge < -0.3 is 19.7 Å². The molecule has 0 bridgehead atoms. The van der Waals surface area contributed by atoms with Gasteiger partial charge in [0.25, 0.3) is 0 Å². The number of ether oxygens (including phenoxy) is 2. The van der Waals surface area contributed by atoms with Crippen LogP contribution >= 0.6 is 0 Å². The van der Waals surface area contributed by atoms with Crippen molar-refractivity contribution in [1.29, 1.82) is 0 Å². The molecular weight excluding hydrogens is 356 g/mol. The van der Waals surface area contributed by atoms with Crippen LogP contribution < -0.4 is 14.8 Å². The highest BCUT2D eigenvalue weighted by Gasteiger charge is 2.43. The monoisotopic (exact) mass is 388 g/mol. The van der Waals surface area contributed by atoms with Gasteiger partial charge in [-0.05, 0) is 37.5 Å². The maximum atomic E-state index is 13.0. The summed E-state index contributed by atoms with van der Waals surface area (Å²) in [4.78, 5) is 27.8. The number of nitrogens with one attached hydrogen (secondary N) is 1. The fourth-order valence-corrected chi connectivity index (χ4v) is 4.50. The molecule has 1 aromatic rings. The minimum Gasteiger partial charge on any atom is -0.497 e. The second-order valence-corrected chi connectivity index (χ2v) is 7.84. The number of hydrogen-bond acceptors (Lipinski definition) is 4. The highest BCUT2D eigenvalue weighted by Crippen LogP contribution is 2.40. The topological polar surface area (TPSA) is 67.9 Å². The maximum Gasteiger partial charge on any atom is 0.225 e. The number of likely N-dealkylation sites (tertiary alicyclic amines) is 1. The molecule has 1 saturated carbocycles. The van der Waals surface area contributed by atoms with Crippen molar-refractivity contribution in [3.63, 3.8) is 0 Å². The molecule has 0 aromatic heterocycles. The van der Waals surface area contributed by atoms with Gasteiger partial charge in [-0.25, -0.2) is 0 Å². The molecule has 0 spiro atoms. The molecular formula is C22H32N2O4. The van der Waals surface area contributed by atoms with Gasteiger partial charge in [-0.15, -0.1) is 0 Å². The minimum absolute atomic E-state index is 0.0124. The molecule has 1 aliphatic heterocycles. The summed E-state index contributed by atoms with van der Waals surface area (Å²) < 4.78 is 11.0. The molecule has 2 aliphatic rings. The van der Waals surface area contributed by atoms with Crippen molar-refractivity contribution in [2.75, 3.05) is 33.9 Å². The van der Waals surface area contributed by atoms with E-state index in [0.717, 1.165) is 49.2 Å². The van der Waals surface area contributed by atoms with Crippen molar-refractivity contribution in [3.8, 4) is 11.5 Å². The first kappa shape index (κ1) is 20.5. The van der Waals surface area contributed by atoms with Crippen molar-refractivity contribution in [2.45, 2.75) is 44.9 Å². The van der Waals surface area contributed by atoms with E-state index < -0.39 is 0 Å². The Morgan fingerprint density at radius 3 is 2.54 bits per heavy atom. The lowest BCUT2D eigenvalue weighted by Crippen LogP contribution is -2.37. The van der Waals surface area contributed by atoms with E-state index in [1.54, 1.807) is 14.2 Å². The number of benzene rings is 1. The zero-order valence-corrected chi connectivity index (χ0v) is 17.2. The summed E-state index contributed by atoms with van der Waals surface area (Å²) in [7, 11) is 3.26. The summed E-state index contributed by atoms with van der Waals surface area (Å²) in [5.41, 5.74) is 0.931. The second-order valence-electron chi connectivity index (χ2n) is 7.84. The lowest BCUT2D eigenvalue weighted by atomic mass is 9.87. The molecule has 1 aliphatic carbocycles. The minimum atomic E-state index is -0.280. The molecule has 1 aromatic carbocycles. The Morgan fingerprint density at radius 1 is 1.14 bits per heavy atom. The zero-order chi connectivity index (χ0) is 20.1. The van der Waals surface area contributed by atoms with E-state index in [9.17, 15) is 9.59 Å². The van der Waals surface area contributed by atoms with Crippen LogP contribution in [0.3, 0.4) is 0 Å². The average Bonchev–Trinajstić information content (AvgIpc) is 3.41. The van der Waals surface area contributed by atoms with Crippen LogP contribution in [0.2, 0.25) is 0 Å². The van der Waals surface area contributed by atoms with Gasteiger partial charge in [-0.2, -0.15) is 0 Å². The first-order valence-electron chi connectivity index (χ1n) is 10.4. The van der Waals surface area contributed by atoms with E-state index in [4.69, 9.17) is 9.47 Å². The summed E-state index contributed by atoms with van der Waals surface area (Å²) >= 11 is 0. The number of hydrogen-bond donors (Lipinski definition) is 1. The quantitative estimate of drug-likeness (QED) is 0.780. The van der Waals surface area contributed by atoms with Crippen LogP contribution in [0, 0.1) is 11.8 Å². The summed E-state index contributed by atoms with van der Waals surface area (Å²) in [5, 5.41) is 3.02. The Balaban J connectivity index is 1.89. The van der Waals surface area contributed by atoms with Gasteiger partial charge in [0.2, 0.25) is 11.8 Å². The standard InChI is InChI=1S/C22H32N2O4/c1-4-11-23-21(25)19-14-24(22(26)15-7-5-6-8-15)13-18(19)17-12-16(27-2)9-10-20(17)28-3/h9-10,12,15,18-19H,4-8,11,13-14H2,1-3H3,(H,23,25)/t18-,19+/m1/s1. The predicted octanol–water partition coefficient (Wildman–Crippen LogP) is 2.96. The van der Waals surface area contributed by atoms with Crippen LogP contribution in [0.15, 0.2) is 18.2 Å². The largest absolute Gasteiger partial charge is 0.497 e. The van der Waals surface area contributed by atoms with Crippen LogP contribution in [0.1, 0.15) is 50.5 Å². The van der Waals surface area contributed by atoms with Crippen molar-refractivity contribution in [3.05, 3.63) is 23.8 Å². The third kappa shape index (κ3) is 4.26. The van der Waals surface area contributed by atoms with E-state index in [1.807, 2.05) is 30.0 Å². The summed E-state index contributed by atoms with van der Waals surface area (Å²) in [5.74, 6) is 1.41. The van der Waals surface area contributed by atoms with E-state index in [1.165, 1.54) is 0 Å². The number of methoxy groups -OCH3 is 2. The number of rotatable bonds is 7. The summed E-state index contributed by atoms with van der Waals surface area (Å²) in [6.07, 6.45) is 5.07. The fourth-order valence-electron chi connectivity index (χ4n) is 4.50. The van der Waals surface area contributed by atoms with Crippen LogP contribution in [0.25, 0.3) is 0 Å². The Kier molecular flexibility index (Phi) is 6.81. The second kappa shape index (κ2) is 9.30. The molecule has 154 valence electrons. The molecule has 3 rings (SSSR count). The zero-order valence-electron chi connectivity index (χ0n) is 17.2. The summed E-state index contributed by atoms with van der Waals surface area (Å²) in [6.45, 7) is 3.69. The number of amides is 2. The Bertz CT molecular complexity index is 700. The molecule has 6 nitrogen and oxygen atoms in total. The maximum absolute atomic E-state index is 13.0. The molecule has 0 unspecified atom stereocenters. The molecule has 28 heavy (non-hydrogen) atoms. The number of nitrogens with zero attached hydrogens (tertiary/aromatic N) is 1. The highest BCUT2D eigenvalue weighted by atomic mass is 16.5. The number of carbonyl (C=O) groups excluding carboxylic acids is 2. The van der Waals surface area contributed by atoms with Crippen molar-refractivity contribution < 1.29 is 19.1 Å². The predicted molar refractivity (Wildman–Crippen MR) is 108 cm³/mol. The van der Waals surface area contributed by atoms with Crippen LogP contribution in [-0.2, 0) is 9.59 Å². The molecule has 1 saturated heterocycles. The van der Waals surface area contributed by atoms with Gasteiger partial charge in [0.1, 0.15) is 11.5 Å². The Hall–Kier alpha value is -2.24. The van der Waals surface area contributed by atoms with Gasteiger partial charge in [-0.3, -0.25) is 9.59 Å². The van der Waals surface area contributed by atoms with Gasteiger partial charge >= 0.3 is 0 Å². The van der Waals surface area contributed by atoms with Gasteiger partial charge in [-0.1, -0.05) is 19.8 Å². The molecule has 2 fully saturated rings. The first-order valence-corrected chi connectivity index (χ1v) is 10.4. The third-order valence-electron chi connectivity index (χ3n) is 6.06. The molecule has 6 heteroatoms. The smallest absolute Gasteiger partial charge is 0.225 e. The van der Waals surface area contributed by atoms with E-state index >= 15 is 0 Å². The SMILES string of the molecule is CCCNC(=O)[C@H]1CN(C(=O)C2CCCC2)C[C@@H]1c1cc(OC)ccc1OC. The first-order chi connectivity index (χ1) is 13.6. The number of carbonyl (C=O) groups is 2. The molecule has 2 atom stereocenters. The van der Waals surface area contributed by atoms with E-state index in [2.05, 4.69) is 5.32 Å². The van der Waals surface area contributed by atoms with Crippen molar-refractivity contribution in [1.82, 2.24) is 10.2 Å². The summed E-state index contributed by atoms with van der Waals surface area (Å²) in [6, 6.07) is 5.66. The van der Waals surface area contributed by atoms with Gasteiger partial charge in [0, 0.05) is 37.0 Å². The van der Waals surface area contributed by atoms with E-state index in [0.29, 0.717) is 19.6 Å². The van der Waals surface area contributed by atoms with Crippen LogP contribution in [0.4, 0.5) is 0 Å². The molecule has 1 N–H and O–H groups in total. The lowest BCUT2D eigenvalue weighted by molar-refractivity contribution is -0.134. The van der Waals surface area contributed by atoms with Crippen LogP contribution in [-0.4, -0.2) is 50.6 Å². The highest BCUT2D eigenvalue weighted by molar-refractivity contribution is 5.84. The Labute approximate surface area is 167 Å². The van der Waals surface area contributed by atoms with Crippen molar-refractivity contribution in [2.24, 2.45) is 11.8 Å². The Morgan fingerprint density at radius 2 is 1.89 bits per heavy atom. The van der Waals surface area contributed by atoms with Crippen molar-refractivity contribution >= 4 is 11.8 Å². The van der Waals surface area contributed by atoms with E-state index in [-0.39, 0.29) is 29.6 Å². The fraction of sp³-hybridized carbons (Fsp3) is 0.636. The lowest BCUT2D eigenvalue weighted by Gasteiger charge is -2.21. The molecule has 1 heterocycles. The normalized spacial score (nSPS) is 22.3. The van der Waals surface area contributed by atoms with Gasteiger partial charge in [0.05, 0.1) is 20.1 Å².